The van der Waals surface area contributed by atoms with Crippen molar-refractivity contribution in [3.63, 3.8) is 0 Å². The Kier molecular flexibility index (Phi) is 6.08. The molecule has 2 heterocycles. The lowest BCUT2D eigenvalue weighted by molar-refractivity contribution is -0.116. The number of nitrogens with zero attached hydrogens (tertiary/aromatic N) is 4. The molecule has 0 saturated carbocycles. The molecule has 31 heavy (non-hydrogen) atoms. The Balaban J connectivity index is 1.53. The molecular formula is C23H23N5O2S. The van der Waals surface area contributed by atoms with E-state index in [1.165, 1.54) is 16.4 Å². The molecule has 0 spiro atoms. The standard InChI is InChI=1S/C23H23N5O2S/c1-16-7-6-10-19(13-16)27(14-18-8-4-3-5-9-18)21(29)15-31-23-26-25-22(28(23)24)20-11-12-30-17(20)2/h3-13H,14-15,24H2,1-2H3. The average molecular weight is 434 g/mol. The molecule has 0 fully saturated rings. The minimum Gasteiger partial charge on any atom is -0.469 e. The van der Waals surface area contributed by atoms with Crippen LogP contribution >= 0.6 is 11.8 Å². The first-order valence-corrected chi connectivity index (χ1v) is 10.8. The fourth-order valence-electron chi connectivity index (χ4n) is 3.27. The third-order valence-corrected chi connectivity index (χ3v) is 5.81. The number of benzene rings is 2. The molecule has 2 N–H and O–H groups in total. The van der Waals surface area contributed by atoms with Gasteiger partial charge in [-0.05, 0) is 43.2 Å². The highest BCUT2D eigenvalue weighted by atomic mass is 32.2. The van der Waals surface area contributed by atoms with Crippen LogP contribution in [0, 0.1) is 13.8 Å². The van der Waals surface area contributed by atoms with E-state index in [1.54, 1.807) is 17.2 Å². The van der Waals surface area contributed by atoms with Crippen molar-refractivity contribution in [3.8, 4) is 11.4 Å². The molecule has 0 radical (unpaired) electrons. The summed E-state index contributed by atoms with van der Waals surface area (Å²) in [7, 11) is 0. The number of aryl methyl sites for hydroxylation is 2. The quantitative estimate of drug-likeness (QED) is 0.347. The van der Waals surface area contributed by atoms with E-state index in [-0.39, 0.29) is 11.7 Å². The minimum absolute atomic E-state index is 0.0384. The Hall–Kier alpha value is -3.52. The van der Waals surface area contributed by atoms with Gasteiger partial charge in [0.1, 0.15) is 5.76 Å². The highest BCUT2D eigenvalue weighted by Crippen LogP contribution is 2.26. The Morgan fingerprint density at radius 1 is 1.10 bits per heavy atom. The first kappa shape index (κ1) is 20.7. The molecule has 2 aromatic heterocycles. The zero-order chi connectivity index (χ0) is 21.8. The fraction of sp³-hybridized carbons (Fsp3) is 0.174. The van der Waals surface area contributed by atoms with Crippen LogP contribution in [0.25, 0.3) is 11.4 Å². The topological polar surface area (TPSA) is 90.2 Å². The Morgan fingerprint density at radius 2 is 1.90 bits per heavy atom. The van der Waals surface area contributed by atoms with Crippen molar-refractivity contribution in [1.29, 1.82) is 0 Å². The summed E-state index contributed by atoms with van der Waals surface area (Å²) in [6.07, 6.45) is 1.58. The van der Waals surface area contributed by atoms with Crippen LogP contribution in [0.5, 0.6) is 0 Å². The van der Waals surface area contributed by atoms with Crippen LogP contribution in [-0.4, -0.2) is 26.5 Å². The number of furan rings is 1. The van der Waals surface area contributed by atoms with Crippen LogP contribution in [0.3, 0.4) is 0 Å². The molecular weight excluding hydrogens is 410 g/mol. The summed E-state index contributed by atoms with van der Waals surface area (Å²) in [5.74, 6) is 7.54. The van der Waals surface area contributed by atoms with Gasteiger partial charge in [0.25, 0.3) is 0 Å². The summed E-state index contributed by atoms with van der Waals surface area (Å²) >= 11 is 1.26. The molecule has 4 aromatic rings. The van der Waals surface area contributed by atoms with E-state index < -0.39 is 0 Å². The Bertz CT molecular complexity index is 1190. The molecule has 0 aliphatic carbocycles. The number of nitrogen functional groups attached to an aromatic ring is 1. The van der Waals surface area contributed by atoms with Gasteiger partial charge in [0.15, 0.2) is 5.82 Å². The zero-order valence-corrected chi connectivity index (χ0v) is 18.2. The smallest absolute Gasteiger partial charge is 0.237 e. The number of carbonyl (C=O) groups is 1. The van der Waals surface area contributed by atoms with E-state index in [9.17, 15) is 4.79 Å². The summed E-state index contributed by atoms with van der Waals surface area (Å²) < 4.78 is 6.72. The van der Waals surface area contributed by atoms with Gasteiger partial charge in [-0.3, -0.25) is 4.79 Å². The number of anilines is 1. The van der Waals surface area contributed by atoms with Crippen LogP contribution < -0.4 is 10.7 Å². The van der Waals surface area contributed by atoms with Crippen LogP contribution in [0.4, 0.5) is 5.69 Å². The van der Waals surface area contributed by atoms with Crippen molar-refractivity contribution in [2.24, 2.45) is 0 Å². The molecule has 158 valence electrons. The van der Waals surface area contributed by atoms with Gasteiger partial charge >= 0.3 is 0 Å². The Labute approximate surface area is 184 Å². The predicted octanol–water partition coefficient (Wildman–Crippen LogP) is 4.19. The van der Waals surface area contributed by atoms with Crippen molar-refractivity contribution < 1.29 is 9.21 Å². The number of amides is 1. The maximum atomic E-state index is 13.2. The summed E-state index contributed by atoms with van der Waals surface area (Å²) in [5, 5.41) is 8.78. The Morgan fingerprint density at radius 3 is 2.61 bits per heavy atom. The fourth-order valence-corrected chi connectivity index (χ4v) is 4.00. The van der Waals surface area contributed by atoms with Gasteiger partial charge in [0.2, 0.25) is 11.1 Å². The molecule has 0 aliphatic rings. The van der Waals surface area contributed by atoms with Gasteiger partial charge in [-0.2, -0.15) is 0 Å². The lowest BCUT2D eigenvalue weighted by Crippen LogP contribution is -2.32. The van der Waals surface area contributed by atoms with Crippen molar-refractivity contribution in [2.75, 3.05) is 16.5 Å². The maximum absolute atomic E-state index is 13.2. The average Bonchev–Trinajstić information content (AvgIpc) is 3.35. The first-order valence-electron chi connectivity index (χ1n) is 9.81. The molecule has 8 heteroatoms. The second kappa shape index (κ2) is 9.09. The van der Waals surface area contributed by atoms with E-state index in [0.717, 1.165) is 22.4 Å². The summed E-state index contributed by atoms with van der Waals surface area (Å²) in [6.45, 7) is 4.34. The SMILES string of the molecule is Cc1cccc(N(Cc2ccccc2)C(=O)CSc2nnc(-c3ccoc3C)n2N)c1. The van der Waals surface area contributed by atoms with Crippen molar-refractivity contribution in [2.45, 2.75) is 25.5 Å². The number of nitrogens with two attached hydrogens (primary N) is 1. The van der Waals surface area contributed by atoms with Gasteiger partial charge in [-0.1, -0.05) is 54.2 Å². The molecule has 2 aromatic carbocycles. The largest absolute Gasteiger partial charge is 0.469 e. The molecule has 7 nitrogen and oxygen atoms in total. The van der Waals surface area contributed by atoms with Crippen LogP contribution in [-0.2, 0) is 11.3 Å². The van der Waals surface area contributed by atoms with Crippen LogP contribution in [0.15, 0.2) is 76.5 Å². The van der Waals surface area contributed by atoms with Gasteiger partial charge in [0.05, 0.1) is 24.1 Å². The second-order valence-corrected chi connectivity index (χ2v) is 8.10. The lowest BCUT2D eigenvalue weighted by Gasteiger charge is -2.23. The number of carbonyl (C=O) groups excluding carboxylic acids is 1. The van der Waals surface area contributed by atoms with Gasteiger partial charge in [0, 0.05) is 5.69 Å². The zero-order valence-electron chi connectivity index (χ0n) is 17.4. The van der Waals surface area contributed by atoms with Crippen molar-refractivity contribution in [1.82, 2.24) is 14.9 Å². The van der Waals surface area contributed by atoms with E-state index in [1.807, 2.05) is 68.4 Å². The van der Waals surface area contributed by atoms with E-state index in [4.69, 9.17) is 10.3 Å². The lowest BCUT2D eigenvalue weighted by atomic mass is 10.1. The molecule has 1 amide bonds. The number of hydrogen-bond donors (Lipinski definition) is 1. The highest BCUT2D eigenvalue weighted by Gasteiger charge is 2.20. The molecule has 0 bridgehead atoms. The molecule has 0 atom stereocenters. The molecule has 0 aliphatic heterocycles. The van der Waals surface area contributed by atoms with Crippen LogP contribution in [0.1, 0.15) is 16.9 Å². The molecule has 0 saturated heterocycles. The van der Waals surface area contributed by atoms with Crippen molar-refractivity contribution in [3.05, 3.63) is 83.8 Å². The van der Waals surface area contributed by atoms with E-state index in [0.29, 0.717) is 23.3 Å². The number of hydrogen-bond acceptors (Lipinski definition) is 6. The number of aromatic nitrogens is 3. The monoisotopic (exact) mass is 433 g/mol. The van der Waals surface area contributed by atoms with E-state index in [2.05, 4.69) is 10.2 Å². The third kappa shape index (κ3) is 4.64. The summed E-state index contributed by atoms with van der Waals surface area (Å²) in [5.41, 5.74) is 3.79. The third-order valence-electron chi connectivity index (χ3n) is 4.89. The molecule has 0 unspecified atom stereocenters. The second-order valence-electron chi connectivity index (χ2n) is 7.16. The number of rotatable bonds is 7. The molecule has 4 rings (SSSR count). The maximum Gasteiger partial charge on any atom is 0.237 e. The van der Waals surface area contributed by atoms with Crippen molar-refractivity contribution >= 4 is 23.4 Å². The predicted molar refractivity (Wildman–Crippen MR) is 122 cm³/mol. The van der Waals surface area contributed by atoms with Gasteiger partial charge in [-0.15, -0.1) is 10.2 Å². The summed E-state index contributed by atoms with van der Waals surface area (Å²) in [4.78, 5) is 15.0. The number of thioether (sulfide) groups is 1. The van der Waals surface area contributed by atoms with Gasteiger partial charge in [-0.25, -0.2) is 4.68 Å². The summed E-state index contributed by atoms with van der Waals surface area (Å²) in [6, 6.07) is 19.7. The van der Waals surface area contributed by atoms with E-state index >= 15 is 0 Å². The highest BCUT2D eigenvalue weighted by molar-refractivity contribution is 7.99. The minimum atomic E-state index is -0.0384. The normalized spacial score (nSPS) is 10.9. The first-order chi connectivity index (χ1) is 15.0. The van der Waals surface area contributed by atoms with Crippen LogP contribution in [0.2, 0.25) is 0 Å². The van der Waals surface area contributed by atoms with Gasteiger partial charge < -0.3 is 15.2 Å².